The lowest BCUT2D eigenvalue weighted by molar-refractivity contribution is -0.146. The summed E-state index contributed by atoms with van der Waals surface area (Å²) in [5.74, 6) is 2.51. The second-order valence-electron chi connectivity index (χ2n) is 6.47. The Morgan fingerprint density at radius 1 is 1.24 bits per heavy atom. The summed E-state index contributed by atoms with van der Waals surface area (Å²) >= 11 is 0. The zero-order chi connectivity index (χ0) is 19.0. The molecule has 0 aliphatic carbocycles. The van der Waals surface area contributed by atoms with Crippen LogP contribution in [-0.4, -0.2) is 49.4 Å². The summed E-state index contributed by atoms with van der Waals surface area (Å²) in [6.45, 7) is 5.48. The topological polar surface area (TPSA) is 65.1 Å². The number of methoxy groups -OCH3 is 1. The first-order valence-electron chi connectivity index (χ1n) is 7.86. The Kier molecular flexibility index (Phi) is 7.31. The number of nitrogens with zero attached hydrogens (tertiary/aromatic N) is 1. The Hall–Kier alpha value is -2.68. The van der Waals surface area contributed by atoms with Gasteiger partial charge in [-0.15, -0.1) is 6.42 Å². The summed E-state index contributed by atoms with van der Waals surface area (Å²) in [5, 5.41) is 0. The van der Waals surface area contributed by atoms with Gasteiger partial charge in [-0.1, -0.05) is 18.1 Å². The molecule has 1 amide bonds. The zero-order valence-electron chi connectivity index (χ0n) is 15.4. The van der Waals surface area contributed by atoms with Crippen LogP contribution in [0.5, 0.6) is 5.75 Å². The molecule has 0 saturated carbocycles. The number of esters is 1. The van der Waals surface area contributed by atoms with Crippen LogP contribution in [0.1, 0.15) is 26.3 Å². The van der Waals surface area contributed by atoms with Gasteiger partial charge in [-0.3, -0.25) is 4.90 Å². The predicted molar refractivity (Wildman–Crippen MR) is 94.3 cm³/mol. The molecular formula is C19H25NO5. The quantitative estimate of drug-likeness (QED) is 0.585. The van der Waals surface area contributed by atoms with Gasteiger partial charge in [0, 0.05) is 13.5 Å². The first-order chi connectivity index (χ1) is 11.7. The molecule has 0 aliphatic rings. The summed E-state index contributed by atoms with van der Waals surface area (Å²) in [5.41, 5.74) is 0.195. The fourth-order valence-corrected chi connectivity index (χ4v) is 2.05. The first kappa shape index (κ1) is 20.4. The van der Waals surface area contributed by atoms with Gasteiger partial charge in [0.05, 0.1) is 7.11 Å². The van der Waals surface area contributed by atoms with Crippen molar-refractivity contribution >= 4 is 12.1 Å². The zero-order valence-corrected chi connectivity index (χ0v) is 15.4. The van der Waals surface area contributed by atoms with Gasteiger partial charge >= 0.3 is 12.1 Å². The molecule has 1 aromatic rings. The van der Waals surface area contributed by atoms with E-state index in [9.17, 15) is 9.59 Å². The highest BCUT2D eigenvalue weighted by Crippen LogP contribution is 2.17. The average Bonchev–Trinajstić information content (AvgIpc) is 2.56. The van der Waals surface area contributed by atoms with Crippen molar-refractivity contribution < 1.29 is 23.8 Å². The highest BCUT2D eigenvalue weighted by molar-refractivity contribution is 5.81. The molecular weight excluding hydrogens is 322 g/mol. The molecule has 0 aliphatic heterocycles. The van der Waals surface area contributed by atoms with Crippen LogP contribution in [0.3, 0.4) is 0 Å². The van der Waals surface area contributed by atoms with Gasteiger partial charge < -0.3 is 14.2 Å². The van der Waals surface area contributed by atoms with E-state index in [1.54, 1.807) is 32.9 Å². The molecule has 0 radical (unpaired) electrons. The minimum atomic E-state index is -0.794. The van der Waals surface area contributed by atoms with Gasteiger partial charge in [0.25, 0.3) is 0 Å². The smallest absolute Gasteiger partial charge is 0.410 e. The number of carbonyl (C=O) groups excluding carboxylic acids is 2. The predicted octanol–water partition coefficient (Wildman–Crippen LogP) is 2.65. The van der Waals surface area contributed by atoms with E-state index >= 15 is 0 Å². The molecule has 1 rings (SSSR count). The van der Waals surface area contributed by atoms with Gasteiger partial charge in [-0.25, -0.2) is 9.59 Å². The fourth-order valence-electron chi connectivity index (χ4n) is 2.05. The minimum absolute atomic E-state index is 0.186. The van der Waals surface area contributed by atoms with Gasteiger partial charge in [0.2, 0.25) is 0 Å². The molecule has 1 unspecified atom stereocenters. The summed E-state index contributed by atoms with van der Waals surface area (Å²) in [6, 6.07) is 6.34. The molecule has 1 aromatic carbocycles. The Balaban J connectivity index is 2.87. The molecule has 1 atom stereocenters. The molecule has 6 heteroatoms. The van der Waals surface area contributed by atoms with Gasteiger partial charge in [0.15, 0.2) is 0 Å². The number of terminal acetylenes is 1. The average molecular weight is 347 g/mol. The fraction of sp³-hybridized carbons (Fsp3) is 0.474. The molecule has 0 N–H and O–H groups in total. The van der Waals surface area contributed by atoms with E-state index in [-0.39, 0.29) is 13.0 Å². The van der Waals surface area contributed by atoms with E-state index < -0.39 is 23.7 Å². The van der Waals surface area contributed by atoms with Gasteiger partial charge in [-0.05, 0) is 38.5 Å². The van der Waals surface area contributed by atoms with E-state index in [1.165, 1.54) is 19.1 Å². The van der Waals surface area contributed by atoms with Crippen molar-refractivity contribution in [3.8, 4) is 18.1 Å². The molecule has 0 fully saturated rings. The van der Waals surface area contributed by atoms with Crippen molar-refractivity contribution in [3.05, 3.63) is 29.8 Å². The number of rotatable bonds is 6. The number of benzene rings is 1. The lowest BCUT2D eigenvalue weighted by atomic mass is 10.0. The van der Waals surface area contributed by atoms with Crippen molar-refractivity contribution in [2.45, 2.75) is 38.8 Å². The third kappa shape index (κ3) is 6.76. The molecule has 0 saturated heterocycles. The lowest BCUT2D eigenvalue weighted by Crippen LogP contribution is -2.46. The van der Waals surface area contributed by atoms with Gasteiger partial charge in [0.1, 0.15) is 24.0 Å². The third-order valence-electron chi connectivity index (χ3n) is 3.30. The Labute approximate surface area is 149 Å². The summed E-state index contributed by atoms with van der Waals surface area (Å²) in [6.07, 6.45) is 4.85. The first-order valence-corrected chi connectivity index (χ1v) is 7.86. The number of hydrogen-bond acceptors (Lipinski definition) is 5. The number of ether oxygens (including phenoxy) is 3. The molecule has 136 valence electrons. The van der Waals surface area contributed by atoms with Crippen LogP contribution in [-0.2, 0) is 20.7 Å². The minimum Gasteiger partial charge on any atom is -0.481 e. The summed E-state index contributed by atoms with van der Waals surface area (Å²) in [4.78, 5) is 25.6. The van der Waals surface area contributed by atoms with E-state index in [2.05, 4.69) is 5.92 Å². The number of amides is 1. The highest BCUT2D eigenvalue weighted by atomic mass is 16.6. The summed E-state index contributed by atoms with van der Waals surface area (Å²) < 4.78 is 15.5. The van der Waals surface area contributed by atoms with Crippen molar-refractivity contribution in [1.82, 2.24) is 4.90 Å². The maximum Gasteiger partial charge on any atom is 0.410 e. The lowest BCUT2D eigenvalue weighted by Gasteiger charge is -2.29. The Morgan fingerprint density at radius 2 is 1.84 bits per heavy atom. The maximum atomic E-state index is 12.2. The second-order valence-corrected chi connectivity index (χ2v) is 6.47. The molecule has 0 spiro atoms. The van der Waals surface area contributed by atoms with E-state index in [4.69, 9.17) is 20.6 Å². The van der Waals surface area contributed by atoms with Crippen LogP contribution in [0.15, 0.2) is 24.3 Å². The maximum absolute atomic E-state index is 12.2. The number of hydrogen-bond donors (Lipinski definition) is 0. The van der Waals surface area contributed by atoms with Crippen LogP contribution >= 0.6 is 0 Å². The van der Waals surface area contributed by atoms with Crippen LogP contribution < -0.4 is 4.74 Å². The van der Waals surface area contributed by atoms with Crippen LogP contribution in [0.4, 0.5) is 4.79 Å². The van der Waals surface area contributed by atoms with Gasteiger partial charge in [-0.2, -0.15) is 0 Å². The largest absolute Gasteiger partial charge is 0.481 e. The molecule has 25 heavy (non-hydrogen) atoms. The van der Waals surface area contributed by atoms with Crippen LogP contribution in [0, 0.1) is 12.3 Å². The molecule has 0 bridgehead atoms. The van der Waals surface area contributed by atoms with E-state index in [0.29, 0.717) is 5.75 Å². The molecule has 0 aromatic heterocycles. The van der Waals surface area contributed by atoms with E-state index in [0.717, 1.165) is 5.56 Å². The highest BCUT2D eigenvalue weighted by Gasteiger charge is 2.31. The Morgan fingerprint density at radius 3 is 2.32 bits per heavy atom. The number of carbonyl (C=O) groups is 2. The van der Waals surface area contributed by atoms with E-state index in [1.807, 2.05) is 12.1 Å². The van der Waals surface area contributed by atoms with Crippen molar-refractivity contribution in [3.63, 3.8) is 0 Å². The number of likely N-dealkylation sites (N-methyl/N-ethyl adjacent to an activating group) is 1. The normalized spacial score (nSPS) is 11.8. The van der Waals surface area contributed by atoms with Crippen LogP contribution in [0.25, 0.3) is 0 Å². The second kappa shape index (κ2) is 8.97. The molecule has 0 heterocycles. The van der Waals surface area contributed by atoms with Crippen molar-refractivity contribution in [1.29, 1.82) is 0 Å². The molecule has 6 nitrogen and oxygen atoms in total. The standard InChI is InChI=1S/C19H25NO5/c1-7-12-24-15-10-8-14(9-11-15)13-16(17(21)23-6)20(5)18(22)25-19(2,3)4/h1,8-11,16H,12-13H2,2-6H3. The van der Waals surface area contributed by atoms with Crippen molar-refractivity contribution in [2.75, 3.05) is 20.8 Å². The van der Waals surface area contributed by atoms with Crippen molar-refractivity contribution in [2.24, 2.45) is 0 Å². The SMILES string of the molecule is C#CCOc1ccc(CC(C(=O)OC)N(C)C(=O)OC(C)(C)C)cc1. The Bertz CT molecular complexity index is 625. The third-order valence-corrected chi connectivity index (χ3v) is 3.30. The summed E-state index contributed by atoms with van der Waals surface area (Å²) in [7, 11) is 2.80. The monoisotopic (exact) mass is 347 g/mol. The van der Waals surface area contributed by atoms with Crippen LogP contribution in [0.2, 0.25) is 0 Å².